The Morgan fingerprint density at radius 3 is 2.53 bits per heavy atom. The zero-order valence-electron chi connectivity index (χ0n) is 16.8. The standard InChI is InChI=1S/C22H21Cl2N3OS2/c1-22(2,3)16-8-4-14(5-9-16)6-11-19(28)25-20-26-27-21(30-20)29-13-15-7-10-17(23)12-18(15)24/h4-12H,13H2,1-3H3,(H,25,26,28). The van der Waals surface area contributed by atoms with Crippen molar-refractivity contribution in [2.45, 2.75) is 36.3 Å². The number of anilines is 1. The molecule has 0 fully saturated rings. The third-order valence-electron chi connectivity index (χ3n) is 4.21. The molecule has 4 nitrogen and oxygen atoms in total. The lowest BCUT2D eigenvalue weighted by molar-refractivity contribution is -0.111. The van der Waals surface area contributed by atoms with E-state index in [1.165, 1.54) is 34.7 Å². The first-order valence-corrected chi connectivity index (χ1v) is 11.8. The molecule has 0 aliphatic carbocycles. The lowest BCUT2D eigenvalue weighted by Crippen LogP contribution is -2.10. The van der Waals surface area contributed by atoms with Gasteiger partial charge in [0.2, 0.25) is 11.0 Å². The fourth-order valence-electron chi connectivity index (χ4n) is 2.51. The van der Waals surface area contributed by atoms with E-state index in [9.17, 15) is 4.79 Å². The van der Waals surface area contributed by atoms with Gasteiger partial charge < -0.3 is 0 Å². The van der Waals surface area contributed by atoms with Gasteiger partial charge in [-0.2, -0.15) is 0 Å². The maximum Gasteiger partial charge on any atom is 0.250 e. The van der Waals surface area contributed by atoms with Crippen molar-refractivity contribution in [2.24, 2.45) is 0 Å². The van der Waals surface area contributed by atoms with E-state index in [1.54, 1.807) is 18.2 Å². The number of amides is 1. The molecule has 0 aliphatic rings. The Morgan fingerprint density at radius 1 is 1.13 bits per heavy atom. The third-order valence-corrected chi connectivity index (χ3v) is 6.81. The van der Waals surface area contributed by atoms with Crippen LogP contribution in [0.25, 0.3) is 6.08 Å². The fourth-order valence-corrected chi connectivity index (χ4v) is 4.82. The quantitative estimate of drug-likeness (QED) is 0.234. The molecule has 8 heteroatoms. The summed E-state index contributed by atoms with van der Waals surface area (Å²) in [7, 11) is 0. The van der Waals surface area contributed by atoms with Crippen molar-refractivity contribution in [3.05, 3.63) is 75.3 Å². The third kappa shape index (κ3) is 6.57. The molecule has 1 aromatic heterocycles. The smallest absolute Gasteiger partial charge is 0.250 e. The first kappa shape index (κ1) is 22.8. The van der Waals surface area contributed by atoms with E-state index in [0.29, 0.717) is 20.9 Å². The molecule has 156 valence electrons. The van der Waals surface area contributed by atoms with Crippen LogP contribution in [0.2, 0.25) is 10.0 Å². The Hall–Kier alpha value is -1.86. The molecule has 0 aliphatic heterocycles. The number of nitrogens with zero attached hydrogens (tertiary/aromatic N) is 2. The predicted octanol–water partition coefficient (Wildman–Crippen LogP) is 7.09. The minimum atomic E-state index is -0.247. The highest BCUT2D eigenvalue weighted by molar-refractivity contribution is 8.00. The molecule has 3 rings (SSSR count). The van der Waals surface area contributed by atoms with Gasteiger partial charge in [0.1, 0.15) is 0 Å². The number of rotatable bonds is 6. The van der Waals surface area contributed by atoms with Crippen molar-refractivity contribution in [1.29, 1.82) is 0 Å². The van der Waals surface area contributed by atoms with Crippen LogP contribution in [-0.4, -0.2) is 16.1 Å². The molecule has 1 N–H and O–H groups in total. The van der Waals surface area contributed by atoms with Gasteiger partial charge in [-0.15, -0.1) is 10.2 Å². The van der Waals surface area contributed by atoms with Gasteiger partial charge in [0.25, 0.3) is 0 Å². The monoisotopic (exact) mass is 477 g/mol. The van der Waals surface area contributed by atoms with Crippen LogP contribution in [0.1, 0.15) is 37.5 Å². The minimum absolute atomic E-state index is 0.103. The average Bonchev–Trinajstić information content (AvgIpc) is 3.12. The Bertz CT molecular complexity index is 1060. The predicted molar refractivity (Wildman–Crippen MR) is 129 cm³/mol. The second kappa shape index (κ2) is 9.96. The number of aromatic nitrogens is 2. The van der Waals surface area contributed by atoms with Gasteiger partial charge in [0, 0.05) is 21.9 Å². The van der Waals surface area contributed by atoms with Crippen LogP contribution < -0.4 is 5.32 Å². The molecule has 0 saturated heterocycles. The van der Waals surface area contributed by atoms with Gasteiger partial charge in [-0.3, -0.25) is 10.1 Å². The van der Waals surface area contributed by atoms with Crippen molar-refractivity contribution in [3.8, 4) is 0 Å². The normalized spacial score (nSPS) is 11.8. The molecular weight excluding hydrogens is 457 g/mol. The van der Waals surface area contributed by atoms with Crippen LogP contribution in [0, 0.1) is 0 Å². The number of halogens is 2. The highest BCUT2D eigenvalue weighted by Gasteiger charge is 2.12. The molecule has 0 radical (unpaired) electrons. The van der Waals surface area contributed by atoms with Crippen LogP contribution in [-0.2, 0) is 16.0 Å². The van der Waals surface area contributed by atoms with Gasteiger partial charge in [0.15, 0.2) is 4.34 Å². The summed E-state index contributed by atoms with van der Waals surface area (Å²) in [6.45, 7) is 6.51. The highest BCUT2D eigenvalue weighted by Crippen LogP contribution is 2.31. The summed E-state index contributed by atoms with van der Waals surface area (Å²) >= 11 is 14.9. The lowest BCUT2D eigenvalue weighted by atomic mass is 9.87. The number of nitrogens with one attached hydrogen (secondary N) is 1. The summed E-state index contributed by atoms with van der Waals surface area (Å²) in [6.07, 6.45) is 3.27. The largest absolute Gasteiger partial charge is 0.297 e. The summed E-state index contributed by atoms with van der Waals surface area (Å²) in [5, 5.41) is 12.6. The summed E-state index contributed by atoms with van der Waals surface area (Å²) in [5.74, 6) is 0.395. The van der Waals surface area contributed by atoms with E-state index in [0.717, 1.165) is 15.5 Å². The molecule has 0 bridgehead atoms. The zero-order chi connectivity index (χ0) is 21.7. The summed E-state index contributed by atoms with van der Waals surface area (Å²) < 4.78 is 0.748. The van der Waals surface area contributed by atoms with Crippen molar-refractivity contribution >= 4 is 63.4 Å². The number of thioether (sulfide) groups is 1. The zero-order valence-corrected chi connectivity index (χ0v) is 19.9. The van der Waals surface area contributed by atoms with Gasteiger partial charge in [-0.1, -0.05) is 97.4 Å². The first-order chi connectivity index (χ1) is 14.2. The Balaban J connectivity index is 1.53. The van der Waals surface area contributed by atoms with Crippen molar-refractivity contribution in [2.75, 3.05) is 5.32 Å². The van der Waals surface area contributed by atoms with E-state index < -0.39 is 0 Å². The molecule has 0 atom stereocenters. The van der Waals surface area contributed by atoms with E-state index in [2.05, 4.69) is 48.4 Å². The molecule has 0 spiro atoms. The van der Waals surface area contributed by atoms with Crippen LogP contribution in [0.3, 0.4) is 0 Å². The minimum Gasteiger partial charge on any atom is -0.297 e. The molecule has 1 amide bonds. The van der Waals surface area contributed by atoms with Crippen molar-refractivity contribution < 1.29 is 4.79 Å². The number of hydrogen-bond acceptors (Lipinski definition) is 5. The lowest BCUT2D eigenvalue weighted by Gasteiger charge is -2.18. The van der Waals surface area contributed by atoms with E-state index >= 15 is 0 Å². The molecule has 0 saturated carbocycles. The van der Waals surface area contributed by atoms with Crippen molar-refractivity contribution in [1.82, 2.24) is 10.2 Å². The van der Waals surface area contributed by atoms with Gasteiger partial charge in [-0.25, -0.2) is 0 Å². The second-order valence-electron chi connectivity index (χ2n) is 7.59. The number of carbonyl (C=O) groups is 1. The van der Waals surface area contributed by atoms with Gasteiger partial charge >= 0.3 is 0 Å². The maximum atomic E-state index is 12.2. The van der Waals surface area contributed by atoms with Crippen LogP contribution in [0.5, 0.6) is 0 Å². The number of hydrogen-bond donors (Lipinski definition) is 1. The van der Waals surface area contributed by atoms with Gasteiger partial charge in [-0.05, 0) is 40.3 Å². The van der Waals surface area contributed by atoms with E-state index in [4.69, 9.17) is 23.2 Å². The van der Waals surface area contributed by atoms with Crippen LogP contribution >= 0.6 is 46.3 Å². The fraction of sp³-hybridized carbons (Fsp3) is 0.227. The number of benzene rings is 2. The second-order valence-corrected chi connectivity index (χ2v) is 10.6. The Morgan fingerprint density at radius 2 is 1.87 bits per heavy atom. The van der Waals surface area contributed by atoms with E-state index in [1.807, 2.05) is 18.2 Å². The van der Waals surface area contributed by atoms with Gasteiger partial charge in [0.05, 0.1) is 0 Å². The number of carbonyl (C=O) groups excluding carboxylic acids is 1. The first-order valence-electron chi connectivity index (χ1n) is 9.20. The summed E-state index contributed by atoms with van der Waals surface area (Å²) in [4.78, 5) is 12.2. The molecule has 0 unspecified atom stereocenters. The molecular formula is C22H21Cl2N3OS2. The highest BCUT2D eigenvalue weighted by atomic mass is 35.5. The molecule has 1 heterocycles. The summed E-state index contributed by atoms with van der Waals surface area (Å²) in [5.41, 5.74) is 3.29. The molecule has 2 aromatic carbocycles. The molecule has 30 heavy (non-hydrogen) atoms. The van der Waals surface area contributed by atoms with Crippen molar-refractivity contribution in [3.63, 3.8) is 0 Å². The van der Waals surface area contributed by atoms with Crippen LogP contribution in [0.15, 0.2) is 52.9 Å². The average molecular weight is 478 g/mol. The molecule has 3 aromatic rings. The Kier molecular flexibility index (Phi) is 7.58. The topological polar surface area (TPSA) is 54.9 Å². The van der Waals surface area contributed by atoms with Crippen LogP contribution in [0.4, 0.5) is 5.13 Å². The summed E-state index contributed by atoms with van der Waals surface area (Å²) in [6, 6.07) is 13.6. The SMILES string of the molecule is CC(C)(C)c1ccc(C=CC(=O)Nc2nnc(SCc3ccc(Cl)cc3Cl)s2)cc1. The van der Waals surface area contributed by atoms with E-state index in [-0.39, 0.29) is 11.3 Å². The Labute approximate surface area is 194 Å². The maximum absolute atomic E-state index is 12.2.